The Bertz CT molecular complexity index is 523. The van der Waals surface area contributed by atoms with Crippen LogP contribution in [0, 0.1) is 13.8 Å². The second-order valence-corrected chi connectivity index (χ2v) is 4.25. The molecule has 5 nitrogen and oxygen atoms in total. The Labute approximate surface area is 106 Å². The lowest BCUT2D eigenvalue weighted by atomic mass is 10.1. The van der Waals surface area contributed by atoms with Crippen molar-refractivity contribution in [3.8, 4) is 5.75 Å². The second-order valence-electron chi connectivity index (χ2n) is 4.25. The molecule has 1 aromatic carbocycles. The summed E-state index contributed by atoms with van der Waals surface area (Å²) in [6.45, 7) is 5.11. The van der Waals surface area contributed by atoms with Crippen molar-refractivity contribution in [2.75, 3.05) is 6.61 Å². The molecule has 0 atom stereocenters. The van der Waals surface area contributed by atoms with Crippen molar-refractivity contribution in [1.82, 2.24) is 15.0 Å². The Morgan fingerprint density at radius 1 is 1.33 bits per heavy atom. The van der Waals surface area contributed by atoms with Gasteiger partial charge in [-0.3, -0.25) is 0 Å². The Morgan fingerprint density at radius 2 is 2.17 bits per heavy atom. The average Bonchev–Trinajstić information content (AvgIpc) is 2.81. The molecule has 0 bridgehead atoms. The van der Waals surface area contributed by atoms with Gasteiger partial charge in [-0.2, -0.15) is 0 Å². The molecule has 0 radical (unpaired) electrons. The zero-order valence-corrected chi connectivity index (χ0v) is 10.6. The molecule has 96 valence electrons. The summed E-state index contributed by atoms with van der Waals surface area (Å²) in [6, 6.07) is 6.13. The lowest BCUT2D eigenvalue weighted by Crippen LogP contribution is -2.09. The van der Waals surface area contributed by atoms with E-state index in [-0.39, 0.29) is 6.61 Å². The van der Waals surface area contributed by atoms with Gasteiger partial charge in [-0.25, -0.2) is 4.68 Å². The number of aliphatic hydroxyl groups excluding tert-OH is 1. The predicted octanol–water partition coefficient (Wildman–Crippen LogP) is 1.47. The molecular formula is C13H17N3O2. The van der Waals surface area contributed by atoms with Crippen molar-refractivity contribution < 1.29 is 9.84 Å². The minimum atomic E-state index is -0.0855. The van der Waals surface area contributed by atoms with Crippen LogP contribution in [0.1, 0.15) is 16.8 Å². The van der Waals surface area contributed by atoms with E-state index in [1.807, 2.05) is 26.0 Å². The van der Waals surface area contributed by atoms with Gasteiger partial charge in [0.25, 0.3) is 0 Å². The first-order valence-electron chi connectivity index (χ1n) is 5.89. The van der Waals surface area contributed by atoms with Gasteiger partial charge in [-0.05, 0) is 31.0 Å². The summed E-state index contributed by atoms with van der Waals surface area (Å²) in [4.78, 5) is 0. The van der Waals surface area contributed by atoms with Gasteiger partial charge in [0.1, 0.15) is 18.1 Å². The van der Waals surface area contributed by atoms with Crippen LogP contribution in [0.5, 0.6) is 5.75 Å². The van der Waals surface area contributed by atoms with Crippen molar-refractivity contribution in [1.29, 1.82) is 0 Å². The Hall–Kier alpha value is -1.88. The number of rotatable bonds is 5. The van der Waals surface area contributed by atoms with Gasteiger partial charge in [0, 0.05) is 0 Å². The SMILES string of the molecule is Cc1ccc(C)c(OCCn2cc(CO)nn2)c1. The molecule has 1 N–H and O–H groups in total. The number of benzene rings is 1. The molecule has 1 heterocycles. The number of aryl methyl sites for hydroxylation is 2. The highest BCUT2D eigenvalue weighted by Gasteiger charge is 2.02. The van der Waals surface area contributed by atoms with Crippen LogP contribution in [-0.2, 0) is 13.2 Å². The first-order chi connectivity index (χ1) is 8.69. The number of ether oxygens (including phenoxy) is 1. The van der Waals surface area contributed by atoms with Crippen molar-refractivity contribution in [3.05, 3.63) is 41.2 Å². The zero-order valence-electron chi connectivity index (χ0n) is 10.6. The molecule has 0 unspecified atom stereocenters. The maximum absolute atomic E-state index is 8.87. The van der Waals surface area contributed by atoms with E-state index in [1.54, 1.807) is 10.9 Å². The number of aliphatic hydroxyl groups is 1. The molecule has 0 fully saturated rings. The molecule has 2 rings (SSSR count). The third-order valence-corrected chi connectivity index (χ3v) is 2.67. The molecule has 0 saturated carbocycles. The Kier molecular flexibility index (Phi) is 3.94. The van der Waals surface area contributed by atoms with Crippen LogP contribution < -0.4 is 4.74 Å². The van der Waals surface area contributed by atoms with Crippen molar-refractivity contribution >= 4 is 0 Å². The minimum absolute atomic E-state index is 0.0855. The van der Waals surface area contributed by atoms with E-state index in [2.05, 4.69) is 16.4 Å². The topological polar surface area (TPSA) is 60.2 Å². The van der Waals surface area contributed by atoms with Gasteiger partial charge in [-0.1, -0.05) is 17.3 Å². The summed E-state index contributed by atoms with van der Waals surface area (Å²) < 4.78 is 7.38. The number of nitrogens with zero attached hydrogens (tertiary/aromatic N) is 3. The first kappa shape index (κ1) is 12.6. The Morgan fingerprint density at radius 3 is 2.89 bits per heavy atom. The van der Waals surface area contributed by atoms with Gasteiger partial charge < -0.3 is 9.84 Å². The van der Waals surface area contributed by atoms with Gasteiger partial charge in [0.05, 0.1) is 19.3 Å². The maximum Gasteiger partial charge on any atom is 0.122 e. The fourth-order valence-corrected chi connectivity index (χ4v) is 1.63. The number of aromatic nitrogens is 3. The third kappa shape index (κ3) is 3.07. The first-order valence-corrected chi connectivity index (χ1v) is 5.89. The van der Waals surface area contributed by atoms with Crippen LogP contribution in [0.15, 0.2) is 24.4 Å². The summed E-state index contributed by atoms with van der Waals surface area (Å²) in [5, 5.41) is 16.6. The summed E-state index contributed by atoms with van der Waals surface area (Å²) in [5.41, 5.74) is 2.87. The third-order valence-electron chi connectivity index (χ3n) is 2.67. The minimum Gasteiger partial charge on any atom is -0.491 e. The standard InChI is InChI=1S/C13H17N3O2/c1-10-3-4-11(2)13(7-10)18-6-5-16-8-12(9-17)14-15-16/h3-4,7-8,17H,5-6,9H2,1-2H3. The summed E-state index contributed by atoms with van der Waals surface area (Å²) in [7, 11) is 0. The van der Waals surface area contributed by atoms with Crippen molar-refractivity contribution in [2.45, 2.75) is 27.0 Å². The molecule has 0 spiro atoms. The summed E-state index contributed by atoms with van der Waals surface area (Å²) >= 11 is 0. The van der Waals surface area contributed by atoms with E-state index in [0.29, 0.717) is 18.8 Å². The number of hydrogen-bond donors (Lipinski definition) is 1. The quantitative estimate of drug-likeness (QED) is 0.869. The molecule has 2 aromatic rings. The van der Waals surface area contributed by atoms with E-state index < -0.39 is 0 Å². The largest absolute Gasteiger partial charge is 0.491 e. The molecule has 1 aromatic heterocycles. The molecule has 0 amide bonds. The lowest BCUT2D eigenvalue weighted by Gasteiger charge is -2.09. The van der Waals surface area contributed by atoms with E-state index >= 15 is 0 Å². The molecule has 5 heteroatoms. The highest BCUT2D eigenvalue weighted by Crippen LogP contribution is 2.18. The van der Waals surface area contributed by atoms with Crippen molar-refractivity contribution in [3.63, 3.8) is 0 Å². The van der Waals surface area contributed by atoms with Crippen LogP contribution in [0.25, 0.3) is 0 Å². The van der Waals surface area contributed by atoms with Crippen LogP contribution in [-0.4, -0.2) is 26.7 Å². The predicted molar refractivity (Wildman–Crippen MR) is 67.4 cm³/mol. The number of hydrogen-bond acceptors (Lipinski definition) is 4. The summed E-state index contributed by atoms with van der Waals surface area (Å²) in [5.74, 6) is 0.900. The lowest BCUT2D eigenvalue weighted by molar-refractivity contribution is 0.276. The van der Waals surface area contributed by atoms with E-state index in [1.165, 1.54) is 5.56 Å². The molecule has 0 saturated heterocycles. The van der Waals surface area contributed by atoms with Crippen LogP contribution in [0.3, 0.4) is 0 Å². The fourth-order valence-electron chi connectivity index (χ4n) is 1.63. The Balaban J connectivity index is 1.90. The average molecular weight is 247 g/mol. The second kappa shape index (κ2) is 5.64. The van der Waals surface area contributed by atoms with Crippen molar-refractivity contribution in [2.24, 2.45) is 0 Å². The molecule has 0 aliphatic heterocycles. The van der Waals surface area contributed by atoms with E-state index in [4.69, 9.17) is 9.84 Å². The highest BCUT2D eigenvalue weighted by atomic mass is 16.5. The van der Waals surface area contributed by atoms with E-state index in [9.17, 15) is 0 Å². The van der Waals surface area contributed by atoms with Crippen LogP contribution in [0.4, 0.5) is 0 Å². The molecule has 0 aliphatic rings. The molecule has 0 aliphatic carbocycles. The maximum atomic E-state index is 8.87. The smallest absolute Gasteiger partial charge is 0.122 e. The van der Waals surface area contributed by atoms with Gasteiger partial charge in [0.2, 0.25) is 0 Å². The van der Waals surface area contributed by atoms with Gasteiger partial charge in [0.15, 0.2) is 0 Å². The van der Waals surface area contributed by atoms with Crippen LogP contribution in [0.2, 0.25) is 0 Å². The van der Waals surface area contributed by atoms with E-state index in [0.717, 1.165) is 11.3 Å². The normalized spacial score (nSPS) is 10.6. The highest BCUT2D eigenvalue weighted by molar-refractivity contribution is 5.35. The van der Waals surface area contributed by atoms with Gasteiger partial charge >= 0.3 is 0 Å². The molecule has 18 heavy (non-hydrogen) atoms. The fraction of sp³-hybridized carbons (Fsp3) is 0.385. The summed E-state index contributed by atoms with van der Waals surface area (Å²) in [6.07, 6.45) is 1.71. The zero-order chi connectivity index (χ0) is 13.0. The molecular weight excluding hydrogens is 230 g/mol. The monoisotopic (exact) mass is 247 g/mol. The van der Waals surface area contributed by atoms with Crippen LogP contribution >= 0.6 is 0 Å². The van der Waals surface area contributed by atoms with Gasteiger partial charge in [-0.15, -0.1) is 5.10 Å².